The number of hydrogen-bond donors (Lipinski definition) is 1. The fourth-order valence-electron chi connectivity index (χ4n) is 3.22. The van der Waals surface area contributed by atoms with Crippen molar-refractivity contribution in [2.24, 2.45) is 5.92 Å². The van der Waals surface area contributed by atoms with E-state index in [0.717, 1.165) is 4.31 Å². The molecule has 0 aromatic heterocycles. The number of nitrogens with zero attached hydrogens (tertiary/aromatic N) is 2. The summed E-state index contributed by atoms with van der Waals surface area (Å²) in [6, 6.07) is 2.27. The first-order valence-corrected chi connectivity index (χ1v) is 9.02. The topological polar surface area (TPSA) is 118 Å². The quantitative estimate of drug-likeness (QED) is 0.652. The van der Waals surface area contributed by atoms with Crippen LogP contribution in [-0.4, -0.2) is 41.3 Å². The standard InChI is InChI=1S/C15H20N2O6S/c1-9-6-7-10(2)14(13(9)17(20)21)24(22,23)16-8-4-5-12(11(16)3)15(18)19/h6-7,11-12H,4-5,8H2,1-3H3,(H,18,19)/t11-,12-/m1/s1. The molecule has 1 fully saturated rings. The van der Waals surface area contributed by atoms with Crippen molar-refractivity contribution in [2.75, 3.05) is 6.54 Å². The number of carbonyl (C=O) groups is 1. The number of rotatable bonds is 4. The first-order chi connectivity index (χ1) is 11.1. The van der Waals surface area contributed by atoms with Crippen molar-refractivity contribution >= 4 is 21.7 Å². The highest BCUT2D eigenvalue weighted by atomic mass is 32.2. The van der Waals surface area contributed by atoms with Crippen LogP contribution in [0.2, 0.25) is 0 Å². The fourth-order valence-corrected chi connectivity index (χ4v) is 5.37. The van der Waals surface area contributed by atoms with Gasteiger partial charge in [-0.1, -0.05) is 12.1 Å². The molecule has 2 atom stereocenters. The van der Waals surface area contributed by atoms with Crippen molar-refractivity contribution in [1.82, 2.24) is 4.31 Å². The van der Waals surface area contributed by atoms with E-state index in [1.807, 2.05) is 0 Å². The van der Waals surface area contributed by atoms with E-state index in [-0.39, 0.29) is 22.6 Å². The maximum atomic E-state index is 13.1. The summed E-state index contributed by atoms with van der Waals surface area (Å²) in [4.78, 5) is 21.7. The number of piperidine rings is 1. The summed E-state index contributed by atoms with van der Waals surface area (Å²) in [6.07, 6.45) is 0.788. The Morgan fingerprint density at radius 2 is 1.92 bits per heavy atom. The van der Waals surface area contributed by atoms with Gasteiger partial charge in [-0.05, 0) is 39.2 Å². The molecule has 132 valence electrons. The van der Waals surface area contributed by atoms with Gasteiger partial charge >= 0.3 is 5.97 Å². The lowest BCUT2D eigenvalue weighted by molar-refractivity contribution is -0.388. The van der Waals surface area contributed by atoms with E-state index in [1.54, 1.807) is 0 Å². The summed E-state index contributed by atoms with van der Waals surface area (Å²) in [5, 5.41) is 20.7. The number of nitro benzene ring substituents is 1. The maximum absolute atomic E-state index is 13.1. The average molecular weight is 356 g/mol. The van der Waals surface area contributed by atoms with Crippen LogP contribution in [0.4, 0.5) is 5.69 Å². The van der Waals surface area contributed by atoms with E-state index >= 15 is 0 Å². The van der Waals surface area contributed by atoms with E-state index in [2.05, 4.69) is 0 Å². The van der Waals surface area contributed by atoms with Crippen LogP contribution < -0.4 is 0 Å². The summed E-state index contributed by atoms with van der Waals surface area (Å²) in [5.74, 6) is -1.88. The maximum Gasteiger partial charge on any atom is 0.308 e. The van der Waals surface area contributed by atoms with Gasteiger partial charge in [0.2, 0.25) is 10.0 Å². The molecule has 1 N–H and O–H groups in total. The smallest absolute Gasteiger partial charge is 0.308 e. The number of aryl methyl sites for hydroxylation is 2. The van der Waals surface area contributed by atoms with E-state index in [4.69, 9.17) is 0 Å². The van der Waals surface area contributed by atoms with Crippen molar-refractivity contribution in [2.45, 2.75) is 44.6 Å². The lowest BCUT2D eigenvalue weighted by Gasteiger charge is -2.36. The summed E-state index contributed by atoms with van der Waals surface area (Å²) < 4.78 is 27.3. The second-order valence-corrected chi connectivity index (χ2v) is 7.90. The molecule has 0 saturated carbocycles. The van der Waals surface area contributed by atoms with E-state index in [1.165, 1.54) is 32.9 Å². The van der Waals surface area contributed by atoms with Crippen LogP contribution in [-0.2, 0) is 14.8 Å². The molecular formula is C15H20N2O6S. The Kier molecular flexibility index (Phi) is 4.95. The lowest BCUT2D eigenvalue weighted by Crippen LogP contribution is -2.49. The van der Waals surface area contributed by atoms with Crippen LogP contribution in [0.15, 0.2) is 17.0 Å². The number of aliphatic carboxylic acids is 1. The van der Waals surface area contributed by atoms with Gasteiger partial charge in [0, 0.05) is 18.2 Å². The molecule has 0 aliphatic carbocycles. The third kappa shape index (κ3) is 3.01. The van der Waals surface area contributed by atoms with E-state index in [9.17, 15) is 28.4 Å². The van der Waals surface area contributed by atoms with Gasteiger partial charge in [0.15, 0.2) is 4.90 Å². The zero-order valence-electron chi connectivity index (χ0n) is 13.7. The number of benzene rings is 1. The molecule has 1 heterocycles. The molecule has 2 rings (SSSR count). The van der Waals surface area contributed by atoms with Gasteiger partial charge in [-0.2, -0.15) is 4.31 Å². The van der Waals surface area contributed by atoms with Crippen LogP contribution in [0.3, 0.4) is 0 Å². The molecule has 1 aromatic carbocycles. The highest BCUT2D eigenvalue weighted by Crippen LogP contribution is 2.36. The molecule has 0 unspecified atom stereocenters. The van der Waals surface area contributed by atoms with Crippen LogP contribution >= 0.6 is 0 Å². The summed E-state index contributed by atoms with van der Waals surface area (Å²) in [7, 11) is -4.18. The number of carboxylic acids is 1. The van der Waals surface area contributed by atoms with Gasteiger partial charge in [-0.15, -0.1) is 0 Å². The van der Waals surface area contributed by atoms with Crippen LogP contribution in [0.5, 0.6) is 0 Å². The second-order valence-electron chi connectivity index (χ2n) is 6.08. The van der Waals surface area contributed by atoms with E-state index < -0.39 is 38.6 Å². The Morgan fingerprint density at radius 1 is 1.33 bits per heavy atom. The Balaban J connectivity index is 2.61. The SMILES string of the molecule is Cc1ccc(C)c(S(=O)(=O)N2CCC[C@@H](C(=O)O)[C@H]2C)c1[N+](=O)[O-]. The Bertz CT molecular complexity index is 789. The highest BCUT2D eigenvalue weighted by Gasteiger charge is 2.42. The third-order valence-corrected chi connectivity index (χ3v) is 6.69. The van der Waals surface area contributed by atoms with Gasteiger partial charge in [-0.3, -0.25) is 14.9 Å². The van der Waals surface area contributed by atoms with Crippen molar-refractivity contribution in [3.05, 3.63) is 33.4 Å². The summed E-state index contributed by atoms with van der Waals surface area (Å²) in [6.45, 7) is 4.67. The Labute approximate surface area is 140 Å². The summed E-state index contributed by atoms with van der Waals surface area (Å²) >= 11 is 0. The van der Waals surface area contributed by atoms with Crippen molar-refractivity contribution in [3.8, 4) is 0 Å². The molecule has 24 heavy (non-hydrogen) atoms. The largest absolute Gasteiger partial charge is 0.481 e. The molecule has 0 amide bonds. The number of nitro groups is 1. The zero-order chi connectivity index (χ0) is 18.2. The lowest BCUT2D eigenvalue weighted by atomic mass is 9.92. The molecule has 1 aliphatic rings. The number of hydrogen-bond acceptors (Lipinski definition) is 5. The van der Waals surface area contributed by atoms with Gasteiger partial charge in [-0.25, -0.2) is 8.42 Å². The Morgan fingerprint density at radius 3 is 2.46 bits per heavy atom. The molecule has 9 heteroatoms. The minimum atomic E-state index is -4.18. The predicted molar refractivity (Wildman–Crippen MR) is 86.3 cm³/mol. The van der Waals surface area contributed by atoms with Crippen LogP contribution in [0.1, 0.15) is 30.9 Å². The minimum absolute atomic E-state index is 0.151. The fraction of sp³-hybridized carbons (Fsp3) is 0.533. The van der Waals surface area contributed by atoms with Crippen molar-refractivity contribution < 1.29 is 23.2 Å². The highest BCUT2D eigenvalue weighted by molar-refractivity contribution is 7.89. The van der Waals surface area contributed by atoms with Gasteiger partial charge in [0.1, 0.15) is 0 Å². The van der Waals surface area contributed by atoms with Gasteiger partial charge < -0.3 is 5.11 Å². The normalized spacial score (nSPS) is 22.3. The van der Waals surface area contributed by atoms with Gasteiger partial charge in [0.05, 0.1) is 10.8 Å². The molecule has 0 bridgehead atoms. The molecule has 1 aromatic rings. The van der Waals surface area contributed by atoms with Crippen molar-refractivity contribution in [1.29, 1.82) is 0 Å². The molecule has 1 aliphatic heterocycles. The first-order valence-electron chi connectivity index (χ1n) is 7.58. The molecule has 0 radical (unpaired) electrons. The molecular weight excluding hydrogens is 336 g/mol. The second kappa shape index (κ2) is 6.48. The monoisotopic (exact) mass is 356 g/mol. The molecule has 1 saturated heterocycles. The van der Waals surface area contributed by atoms with E-state index in [0.29, 0.717) is 12.8 Å². The molecule has 0 spiro atoms. The summed E-state index contributed by atoms with van der Waals surface area (Å²) in [5.41, 5.74) is 0.0835. The number of sulfonamides is 1. The minimum Gasteiger partial charge on any atom is -0.481 e. The van der Waals surface area contributed by atoms with Gasteiger partial charge in [0.25, 0.3) is 5.69 Å². The third-order valence-electron chi connectivity index (χ3n) is 4.53. The Hall–Kier alpha value is -2.00. The zero-order valence-corrected chi connectivity index (χ0v) is 14.5. The number of carboxylic acid groups (broad SMARTS) is 1. The predicted octanol–water partition coefficient (Wildman–Crippen LogP) is 2.09. The molecule has 8 nitrogen and oxygen atoms in total. The van der Waals surface area contributed by atoms with Crippen LogP contribution in [0, 0.1) is 29.9 Å². The van der Waals surface area contributed by atoms with Crippen molar-refractivity contribution in [3.63, 3.8) is 0 Å². The first kappa shape index (κ1) is 18.3. The van der Waals surface area contributed by atoms with Crippen LogP contribution in [0.25, 0.3) is 0 Å². The average Bonchev–Trinajstić information content (AvgIpc) is 2.48.